The first-order valence-corrected chi connectivity index (χ1v) is 7.96. The number of hydrogen-bond acceptors (Lipinski definition) is 4. The molecule has 0 saturated heterocycles. The van der Waals surface area contributed by atoms with Crippen LogP contribution in [0.1, 0.15) is 12.7 Å². The number of thiophene rings is 1. The number of fused-ring (bicyclic) bond motifs is 1. The molecule has 21 heavy (non-hydrogen) atoms. The van der Waals surface area contributed by atoms with Gasteiger partial charge in [-0.05, 0) is 12.5 Å². The first-order valence-electron chi connectivity index (χ1n) is 6.71. The molecular formula is C16H15ClN2OS. The molecule has 0 amide bonds. The summed E-state index contributed by atoms with van der Waals surface area (Å²) in [4.78, 5) is 9.97. The Morgan fingerprint density at radius 2 is 2.00 bits per heavy atom. The lowest BCUT2D eigenvalue weighted by atomic mass is 10.1. The van der Waals surface area contributed by atoms with E-state index in [4.69, 9.17) is 16.3 Å². The van der Waals surface area contributed by atoms with Crippen LogP contribution in [0.4, 0.5) is 0 Å². The van der Waals surface area contributed by atoms with E-state index in [0.717, 1.165) is 27.2 Å². The molecule has 3 nitrogen and oxygen atoms in total. The molecule has 1 unspecified atom stereocenters. The summed E-state index contributed by atoms with van der Waals surface area (Å²) in [5.41, 5.74) is 2.22. The van der Waals surface area contributed by atoms with Gasteiger partial charge < -0.3 is 4.74 Å². The minimum atomic E-state index is 0.0760. The van der Waals surface area contributed by atoms with Crippen LogP contribution in [0.3, 0.4) is 0 Å². The third-order valence-corrected chi connectivity index (χ3v) is 4.54. The van der Waals surface area contributed by atoms with Gasteiger partial charge in [-0.2, -0.15) is 0 Å². The average Bonchev–Trinajstić information content (AvgIpc) is 2.92. The quantitative estimate of drug-likeness (QED) is 0.660. The molecular weight excluding hydrogens is 304 g/mol. The Morgan fingerprint density at radius 3 is 2.71 bits per heavy atom. The third kappa shape index (κ3) is 2.93. The largest absolute Gasteiger partial charge is 0.381 e. The number of benzene rings is 1. The fraction of sp³-hybridized carbons (Fsp3) is 0.250. The SMILES string of the molecule is COC(C)Cc1nc(Cl)c2c(-c3ccccc3)csc2n1. The summed E-state index contributed by atoms with van der Waals surface area (Å²) in [6, 6.07) is 10.2. The van der Waals surface area contributed by atoms with Gasteiger partial charge in [0.15, 0.2) is 0 Å². The molecule has 0 spiro atoms. The van der Waals surface area contributed by atoms with E-state index >= 15 is 0 Å². The van der Waals surface area contributed by atoms with Gasteiger partial charge in [0.25, 0.3) is 0 Å². The van der Waals surface area contributed by atoms with E-state index < -0.39 is 0 Å². The van der Waals surface area contributed by atoms with Crippen LogP contribution in [-0.4, -0.2) is 23.2 Å². The Hall–Kier alpha value is -1.49. The van der Waals surface area contributed by atoms with Crippen LogP contribution in [0.2, 0.25) is 5.15 Å². The molecule has 108 valence electrons. The lowest BCUT2D eigenvalue weighted by Crippen LogP contribution is -2.11. The first kappa shape index (κ1) is 14.4. The van der Waals surface area contributed by atoms with Gasteiger partial charge in [-0.1, -0.05) is 41.9 Å². The van der Waals surface area contributed by atoms with Gasteiger partial charge >= 0.3 is 0 Å². The molecule has 1 atom stereocenters. The molecule has 2 aromatic heterocycles. The zero-order valence-corrected chi connectivity index (χ0v) is 13.4. The van der Waals surface area contributed by atoms with Crippen molar-refractivity contribution in [3.63, 3.8) is 0 Å². The second-order valence-electron chi connectivity index (χ2n) is 4.88. The maximum atomic E-state index is 6.40. The van der Waals surface area contributed by atoms with Gasteiger partial charge in [-0.25, -0.2) is 9.97 Å². The lowest BCUT2D eigenvalue weighted by Gasteiger charge is -2.08. The Morgan fingerprint density at radius 1 is 1.24 bits per heavy atom. The Labute approximate surface area is 132 Å². The van der Waals surface area contributed by atoms with Gasteiger partial charge in [0.1, 0.15) is 15.8 Å². The molecule has 1 aromatic carbocycles. The molecule has 0 radical (unpaired) electrons. The number of aromatic nitrogens is 2. The third-order valence-electron chi connectivity index (χ3n) is 3.39. The number of rotatable bonds is 4. The zero-order chi connectivity index (χ0) is 14.8. The van der Waals surface area contributed by atoms with Crippen LogP contribution in [0.25, 0.3) is 21.3 Å². The van der Waals surface area contributed by atoms with Crippen LogP contribution in [0.15, 0.2) is 35.7 Å². The molecule has 5 heteroatoms. The molecule has 0 fully saturated rings. The number of ether oxygens (including phenoxy) is 1. The number of hydrogen-bond donors (Lipinski definition) is 0. The highest BCUT2D eigenvalue weighted by Gasteiger charge is 2.15. The Balaban J connectivity index is 2.07. The zero-order valence-electron chi connectivity index (χ0n) is 11.8. The van der Waals surface area contributed by atoms with E-state index in [1.165, 1.54) is 0 Å². The molecule has 3 rings (SSSR count). The fourth-order valence-electron chi connectivity index (χ4n) is 2.20. The van der Waals surface area contributed by atoms with Crippen molar-refractivity contribution in [2.45, 2.75) is 19.4 Å². The predicted octanol–water partition coefficient (Wildman–Crippen LogP) is 4.59. The van der Waals surface area contributed by atoms with Crippen LogP contribution in [0.5, 0.6) is 0 Å². The highest BCUT2D eigenvalue weighted by molar-refractivity contribution is 7.17. The van der Waals surface area contributed by atoms with Crippen LogP contribution in [-0.2, 0) is 11.2 Å². The summed E-state index contributed by atoms with van der Waals surface area (Å²) in [6.45, 7) is 1.99. The summed E-state index contributed by atoms with van der Waals surface area (Å²) >= 11 is 8.00. The lowest BCUT2D eigenvalue weighted by molar-refractivity contribution is 0.117. The number of methoxy groups -OCH3 is 1. The molecule has 0 N–H and O–H groups in total. The van der Waals surface area contributed by atoms with E-state index in [1.54, 1.807) is 18.4 Å². The second-order valence-corrected chi connectivity index (χ2v) is 6.09. The van der Waals surface area contributed by atoms with Crippen LogP contribution < -0.4 is 0 Å². The van der Waals surface area contributed by atoms with E-state index in [1.807, 2.05) is 25.1 Å². The smallest absolute Gasteiger partial charge is 0.142 e. The van der Waals surface area contributed by atoms with E-state index in [-0.39, 0.29) is 6.10 Å². The first-order chi connectivity index (χ1) is 10.2. The van der Waals surface area contributed by atoms with E-state index in [9.17, 15) is 0 Å². The van der Waals surface area contributed by atoms with E-state index in [0.29, 0.717) is 11.6 Å². The summed E-state index contributed by atoms with van der Waals surface area (Å²) < 4.78 is 5.26. The van der Waals surface area contributed by atoms with Crippen molar-refractivity contribution in [3.05, 3.63) is 46.7 Å². The van der Waals surface area contributed by atoms with Crippen molar-refractivity contribution in [2.75, 3.05) is 7.11 Å². The standard InChI is InChI=1S/C16H15ClN2OS/c1-10(20-2)8-13-18-15(17)14-12(9-21-16(14)19-13)11-6-4-3-5-7-11/h3-7,9-10H,8H2,1-2H3. The molecule has 2 heterocycles. The van der Waals surface area contributed by atoms with Crippen molar-refractivity contribution < 1.29 is 4.74 Å². The molecule has 0 aliphatic heterocycles. The van der Waals surface area contributed by atoms with Gasteiger partial charge in [-0.15, -0.1) is 11.3 Å². The molecule has 0 bridgehead atoms. The monoisotopic (exact) mass is 318 g/mol. The topological polar surface area (TPSA) is 35.0 Å². The van der Waals surface area contributed by atoms with Gasteiger partial charge in [0, 0.05) is 24.5 Å². The van der Waals surface area contributed by atoms with Crippen molar-refractivity contribution in [3.8, 4) is 11.1 Å². The number of halogens is 1. The normalized spacial score (nSPS) is 12.7. The number of nitrogens with zero attached hydrogens (tertiary/aromatic N) is 2. The van der Waals surface area contributed by atoms with Crippen molar-refractivity contribution in [1.29, 1.82) is 0 Å². The van der Waals surface area contributed by atoms with Crippen molar-refractivity contribution in [2.24, 2.45) is 0 Å². The van der Waals surface area contributed by atoms with Crippen molar-refractivity contribution in [1.82, 2.24) is 9.97 Å². The summed E-state index contributed by atoms with van der Waals surface area (Å²) in [6.07, 6.45) is 0.733. The average molecular weight is 319 g/mol. The van der Waals surface area contributed by atoms with Crippen LogP contribution >= 0.6 is 22.9 Å². The minimum Gasteiger partial charge on any atom is -0.381 e. The summed E-state index contributed by atoms with van der Waals surface area (Å²) in [5.74, 6) is 0.725. The van der Waals surface area contributed by atoms with Gasteiger partial charge in [-0.3, -0.25) is 0 Å². The molecule has 0 saturated carbocycles. The predicted molar refractivity (Wildman–Crippen MR) is 88.0 cm³/mol. The molecule has 3 aromatic rings. The highest BCUT2D eigenvalue weighted by atomic mass is 35.5. The molecule has 0 aliphatic carbocycles. The van der Waals surface area contributed by atoms with E-state index in [2.05, 4.69) is 27.5 Å². The summed E-state index contributed by atoms with van der Waals surface area (Å²) in [7, 11) is 1.68. The fourth-order valence-corrected chi connectivity index (χ4v) is 3.51. The van der Waals surface area contributed by atoms with Crippen molar-refractivity contribution >= 4 is 33.2 Å². The molecule has 0 aliphatic rings. The summed E-state index contributed by atoms with van der Waals surface area (Å²) in [5, 5.41) is 3.53. The minimum absolute atomic E-state index is 0.0760. The maximum absolute atomic E-state index is 6.40. The second kappa shape index (κ2) is 6.10. The van der Waals surface area contributed by atoms with Gasteiger partial charge in [0.05, 0.1) is 11.5 Å². The van der Waals surface area contributed by atoms with Gasteiger partial charge in [0.2, 0.25) is 0 Å². The maximum Gasteiger partial charge on any atom is 0.142 e. The highest BCUT2D eigenvalue weighted by Crippen LogP contribution is 2.36. The Kier molecular flexibility index (Phi) is 4.19. The van der Waals surface area contributed by atoms with Crippen LogP contribution in [0, 0.1) is 0 Å². The Bertz CT molecular complexity index is 758.